The first-order valence-electron chi connectivity index (χ1n) is 5.56. The van der Waals surface area contributed by atoms with E-state index < -0.39 is 0 Å². The largest absolute Gasteiger partial charge is 0.497 e. The minimum absolute atomic E-state index is 0.333. The third-order valence-electron chi connectivity index (χ3n) is 2.70. The first-order chi connectivity index (χ1) is 9.15. The van der Waals surface area contributed by atoms with Crippen molar-refractivity contribution in [1.82, 2.24) is 10.4 Å². The van der Waals surface area contributed by atoms with Crippen molar-refractivity contribution in [3.05, 3.63) is 57.8 Å². The van der Waals surface area contributed by atoms with Crippen molar-refractivity contribution in [3.8, 4) is 5.75 Å². The van der Waals surface area contributed by atoms with Crippen LogP contribution in [0.3, 0.4) is 0 Å². The fourth-order valence-corrected chi connectivity index (χ4v) is 2.28. The lowest BCUT2D eigenvalue weighted by molar-refractivity contribution is 0.413. The summed E-state index contributed by atoms with van der Waals surface area (Å²) in [7, 11) is 1.61. The smallest absolute Gasteiger partial charge is 0.119 e. The molecule has 0 saturated carbocycles. The summed E-state index contributed by atoms with van der Waals surface area (Å²) in [5.74, 6) is 6.35. The Kier molecular flexibility index (Phi) is 4.61. The van der Waals surface area contributed by atoms with Crippen LogP contribution in [0.4, 0.5) is 0 Å². The van der Waals surface area contributed by atoms with E-state index in [9.17, 15) is 0 Å². The molecular formula is C13H13Cl2N3O. The van der Waals surface area contributed by atoms with Gasteiger partial charge in [0.2, 0.25) is 0 Å². The van der Waals surface area contributed by atoms with Gasteiger partial charge in [-0.25, -0.2) is 5.43 Å². The van der Waals surface area contributed by atoms with Crippen LogP contribution in [0.15, 0.2) is 36.5 Å². The lowest BCUT2D eigenvalue weighted by Crippen LogP contribution is -2.29. The molecular weight excluding hydrogens is 285 g/mol. The van der Waals surface area contributed by atoms with Crippen molar-refractivity contribution < 1.29 is 4.74 Å². The van der Waals surface area contributed by atoms with Crippen molar-refractivity contribution >= 4 is 23.2 Å². The summed E-state index contributed by atoms with van der Waals surface area (Å²) in [6.45, 7) is 0. The van der Waals surface area contributed by atoms with Crippen molar-refractivity contribution in [3.63, 3.8) is 0 Å². The van der Waals surface area contributed by atoms with Crippen LogP contribution in [0.25, 0.3) is 0 Å². The SMILES string of the molecule is COc1cccc(C(NN)c2ncc(Cl)cc2Cl)c1. The fraction of sp³-hybridized carbons (Fsp3) is 0.154. The molecule has 0 amide bonds. The normalized spacial score (nSPS) is 12.2. The number of hydrogen-bond donors (Lipinski definition) is 2. The Morgan fingerprint density at radius 3 is 2.74 bits per heavy atom. The van der Waals surface area contributed by atoms with Gasteiger partial charge in [-0.2, -0.15) is 0 Å². The Morgan fingerprint density at radius 1 is 1.32 bits per heavy atom. The van der Waals surface area contributed by atoms with Gasteiger partial charge in [0.05, 0.1) is 28.9 Å². The minimum Gasteiger partial charge on any atom is -0.497 e. The summed E-state index contributed by atoms with van der Waals surface area (Å²) in [5.41, 5.74) is 4.21. The topological polar surface area (TPSA) is 60.2 Å². The Balaban J connectivity index is 2.43. The molecule has 1 atom stereocenters. The average Bonchev–Trinajstić information content (AvgIpc) is 2.42. The number of halogens is 2. The van der Waals surface area contributed by atoms with E-state index in [0.717, 1.165) is 11.3 Å². The zero-order valence-electron chi connectivity index (χ0n) is 10.2. The number of methoxy groups -OCH3 is 1. The maximum Gasteiger partial charge on any atom is 0.119 e. The number of pyridine rings is 1. The molecule has 19 heavy (non-hydrogen) atoms. The van der Waals surface area contributed by atoms with Gasteiger partial charge in [0.1, 0.15) is 5.75 Å². The molecule has 0 fully saturated rings. The van der Waals surface area contributed by atoms with Crippen molar-refractivity contribution in [2.45, 2.75) is 6.04 Å². The number of hydrazine groups is 1. The van der Waals surface area contributed by atoms with Gasteiger partial charge in [0, 0.05) is 6.20 Å². The van der Waals surface area contributed by atoms with Crippen molar-refractivity contribution in [1.29, 1.82) is 0 Å². The van der Waals surface area contributed by atoms with Crippen LogP contribution in [-0.2, 0) is 0 Å². The molecule has 100 valence electrons. The highest BCUT2D eigenvalue weighted by Crippen LogP contribution is 2.29. The van der Waals surface area contributed by atoms with Gasteiger partial charge in [-0.1, -0.05) is 35.3 Å². The Morgan fingerprint density at radius 2 is 2.11 bits per heavy atom. The summed E-state index contributed by atoms with van der Waals surface area (Å²) in [6, 6.07) is 8.82. The van der Waals surface area contributed by atoms with E-state index in [2.05, 4.69) is 10.4 Å². The molecule has 0 aliphatic carbocycles. The van der Waals surface area contributed by atoms with Crippen LogP contribution in [0.2, 0.25) is 10.0 Å². The van der Waals surface area contributed by atoms with E-state index in [1.165, 1.54) is 6.20 Å². The van der Waals surface area contributed by atoms with Crippen molar-refractivity contribution in [2.75, 3.05) is 7.11 Å². The standard InChI is InChI=1S/C13H13Cl2N3O/c1-19-10-4-2-3-8(5-10)12(18-16)13-11(15)6-9(14)7-17-13/h2-7,12,18H,16H2,1H3. The monoisotopic (exact) mass is 297 g/mol. The molecule has 0 aliphatic heterocycles. The van der Waals surface area contributed by atoms with E-state index in [1.807, 2.05) is 24.3 Å². The number of ether oxygens (including phenoxy) is 1. The van der Waals surface area contributed by atoms with Gasteiger partial charge >= 0.3 is 0 Å². The molecule has 1 aromatic heterocycles. The number of nitrogens with two attached hydrogens (primary N) is 1. The molecule has 6 heteroatoms. The molecule has 0 spiro atoms. The molecule has 0 bridgehead atoms. The molecule has 2 rings (SSSR count). The van der Waals surface area contributed by atoms with Gasteiger partial charge in [-0.05, 0) is 23.8 Å². The highest BCUT2D eigenvalue weighted by molar-refractivity contribution is 6.34. The number of benzene rings is 1. The van der Waals surface area contributed by atoms with Gasteiger partial charge in [0.15, 0.2) is 0 Å². The zero-order valence-corrected chi connectivity index (χ0v) is 11.7. The van der Waals surface area contributed by atoms with Gasteiger partial charge < -0.3 is 4.74 Å². The fourth-order valence-electron chi connectivity index (χ4n) is 1.79. The Hall–Kier alpha value is -1.33. The van der Waals surface area contributed by atoms with Crippen LogP contribution in [0.5, 0.6) is 5.75 Å². The molecule has 0 radical (unpaired) electrons. The molecule has 1 aromatic carbocycles. The summed E-state index contributed by atoms with van der Waals surface area (Å²) >= 11 is 12.0. The summed E-state index contributed by atoms with van der Waals surface area (Å²) in [5, 5.41) is 0.938. The van der Waals surface area contributed by atoms with E-state index >= 15 is 0 Å². The molecule has 0 aliphatic rings. The van der Waals surface area contributed by atoms with Crippen LogP contribution in [0, 0.1) is 0 Å². The Bertz CT molecular complexity index is 578. The van der Waals surface area contributed by atoms with Crippen molar-refractivity contribution in [2.24, 2.45) is 5.84 Å². The van der Waals surface area contributed by atoms with Crippen LogP contribution < -0.4 is 16.0 Å². The van der Waals surface area contributed by atoms with E-state index in [1.54, 1.807) is 13.2 Å². The van der Waals surface area contributed by atoms with Gasteiger partial charge in [0.25, 0.3) is 0 Å². The minimum atomic E-state index is -0.333. The van der Waals surface area contributed by atoms with Crippen LogP contribution >= 0.6 is 23.2 Å². The predicted octanol–water partition coefficient (Wildman–Crippen LogP) is 2.95. The molecule has 4 nitrogen and oxygen atoms in total. The molecule has 3 N–H and O–H groups in total. The number of aromatic nitrogens is 1. The second kappa shape index (κ2) is 6.21. The molecule has 1 heterocycles. The van der Waals surface area contributed by atoms with Gasteiger partial charge in [-0.3, -0.25) is 10.8 Å². The Labute approximate surface area is 121 Å². The highest BCUT2D eigenvalue weighted by atomic mass is 35.5. The van der Waals surface area contributed by atoms with E-state index in [4.69, 9.17) is 33.8 Å². The second-order valence-corrected chi connectivity index (χ2v) is 4.74. The highest BCUT2D eigenvalue weighted by Gasteiger charge is 2.18. The van der Waals surface area contributed by atoms with Crippen LogP contribution in [0.1, 0.15) is 17.3 Å². The lowest BCUT2D eigenvalue weighted by atomic mass is 10.0. The third-order valence-corrected chi connectivity index (χ3v) is 3.21. The first-order valence-corrected chi connectivity index (χ1v) is 6.32. The number of rotatable bonds is 4. The number of hydrogen-bond acceptors (Lipinski definition) is 4. The summed E-state index contributed by atoms with van der Waals surface area (Å²) in [6.07, 6.45) is 1.54. The average molecular weight is 298 g/mol. The summed E-state index contributed by atoms with van der Waals surface area (Å²) in [4.78, 5) is 4.23. The van der Waals surface area contributed by atoms with E-state index in [0.29, 0.717) is 15.7 Å². The molecule has 1 unspecified atom stereocenters. The van der Waals surface area contributed by atoms with Gasteiger partial charge in [-0.15, -0.1) is 0 Å². The quantitative estimate of drug-likeness (QED) is 0.673. The number of nitrogens with zero attached hydrogens (tertiary/aromatic N) is 1. The molecule has 2 aromatic rings. The number of nitrogens with one attached hydrogen (secondary N) is 1. The van der Waals surface area contributed by atoms with Crippen LogP contribution in [-0.4, -0.2) is 12.1 Å². The lowest BCUT2D eigenvalue weighted by Gasteiger charge is -2.17. The predicted molar refractivity (Wildman–Crippen MR) is 76.4 cm³/mol. The molecule has 0 saturated heterocycles. The van der Waals surface area contributed by atoms with E-state index in [-0.39, 0.29) is 6.04 Å². The second-order valence-electron chi connectivity index (χ2n) is 3.90. The first kappa shape index (κ1) is 14.1. The maximum atomic E-state index is 6.15. The summed E-state index contributed by atoms with van der Waals surface area (Å²) < 4.78 is 5.19. The maximum absolute atomic E-state index is 6.15. The zero-order chi connectivity index (χ0) is 13.8. The third kappa shape index (κ3) is 3.16.